The Kier molecular flexibility index (Phi) is 5.90. The molecule has 2 amide bonds. The Labute approximate surface area is 169 Å². The highest BCUT2D eigenvalue weighted by Gasteiger charge is 2.30. The number of carbonyl (C=O) groups excluding carboxylic acids is 2. The van der Waals surface area contributed by atoms with Crippen molar-refractivity contribution in [2.24, 2.45) is 5.92 Å². The van der Waals surface area contributed by atoms with Crippen LogP contribution in [-0.4, -0.2) is 31.4 Å². The first-order chi connectivity index (χ1) is 14.1. The molecular formula is C19H19F3N6O2. The third-order valence-corrected chi connectivity index (χ3v) is 4.06. The van der Waals surface area contributed by atoms with Gasteiger partial charge in [0.1, 0.15) is 6.67 Å². The third-order valence-electron chi connectivity index (χ3n) is 4.06. The molecule has 0 radical (unpaired) electrons. The summed E-state index contributed by atoms with van der Waals surface area (Å²) in [5.41, 5.74) is 0.0598. The fourth-order valence-corrected chi connectivity index (χ4v) is 2.44. The molecule has 0 saturated carbocycles. The first-order valence-corrected chi connectivity index (χ1v) is 8.97. The van der Waals surface area contributed by atoms with Gasteiger partial charge < -0.3 is 10.6 Å². The van der Waals surface area contributed by atoms with Crippen molar-refractivity contribution >= 4 is 23.2 Å². The van der Waals surface area contributed by atoms with Gasteiger partial charge in [-0.05, 0) is 30.3 Å². The van der Waals surface area contributed by atoms with Gasteiger partial charge in [0, 0.05) is 17.8 Å². The van der Waals surface area contributed by atoms with Crippen LogP contribution in [0.2, 0.25) is 0 Å². The zero-order valence-electron chi connectivity index (χ0n) is 16.1. The molecule has 0 unspecified atom stereocenters. The van der Waals surface area contributed by atoms with Gasteiger partial charge in [-0.25, -0.2) is 4.68 Å². The molecule has 30 heavy (non-hydrogen) atoms. The van der Waals surface area contributed by atoms with E-state index in [0.29, 0.717) is 5.69 Å². The summed E-state index contributed by atoms with van der Waals surface area (Å²) in [6.07, 6.45) is 0.257. The molecule has 0 atom stereocenters. The van der Waals surface area contributed by atoms with Crippen LogP contribution in [0.1, 0.15) is 29.9 Å². The van der Waals surface area contributed by atoms with Gasteiger partial charge in [0.15, 0.2) is 5.69 Å². The predicted molar refractivity (Wildman–Crippen MR) is 103 cm³/mol. The van der Waals surface area contributed by atoms with Crippen LogP contribution in [0.3, 0.4) is 0 Å². The Morgan fingerprint density at radius 3 is 2.37 bits per heavy atom. The summed E-state index contributed by atoms with van der Waals surface area (Å²) in [6, 6.07) is 5.61. The monoisotopic (exact) mass is 420 g/mol. The van der Waals surface area contributed by atoms with Gasteiger partial charge >= 0.3 is 6.18 Å². The fraction of sp³-hybridized carbons (Fsp3) is 0.263. The van der Waals surface area contributed by atoms with Gasteiger partial charge in [-0.1, -0.05) is 13.8 Å². The number of nitrogens with one attached hydrogen (secondary N) is 2. The van der Waals surface area contributed by atoms with Crippen molar-refractivity contribution in [1.82, 2.24) is 19.6 Å². The highest BCUT2D eigenvalue weighted by atomic mass is 19.4. The minimum atomic E-state index is -4.44. The maximum atomic E-state index is 12.6. The normalized spacial score (nSPS) is 11.5. The van der Waals surface area contributed by atoms with E-state index in [2.05, 4.69) is 20.8 Å². The molecule has 2 heterocycles. The number of amides is 2. The molecule has 2 aromatic heterocycles. The van der Waals surface area contributed by atoms with Gasteiger partial charge in [-0.2, -0.15) is 23.4 Å². The Bertz CT molecular complexity index is 1040. The van der Waals surface area contributed by atoms with Crippen molar-refractivity contribution in [3.05, 3.63) is 60.2 Å². The Balaban J connectivity index is 1.60. The van der Waals surface area contributed by atoms with Crippen LogP contribution < -0.4 is 10.6 Å². The lowest BCUT2D eigenvalue weighted by atomic mass is 10.2. The summed E-state index contributed by atoms with van der Waals surface area (Å²) < 4.78 is 40.8. The highest BCUT2D eigenvalue weighted by molar-refractivity contribution is 6.02. The molecule has 0 fully saturated rings. The summed E-state index contributed by atoms with van der Waals surface area (Å²) in [6.45, 7) is 3.76. The first kappa shape index (κ1) is 21.1. The SMILES string of the molecule is CC(C)C(=O)Nc1cnn(Cn2ccc(C(=O)Nc3ccc(C(F)(F)F)cc3)n2)c1. The molecule has 158 valence electrons. The third kappa shape index (κ3) is 5.25. The molecule has 0 aliphatic heterocycles. The number of nitrogens with zero attached hydrogens (tertiary/aromatic N) is 4. The molecule has 0 spiro atoms. The summed E-state index contributed by atoms with van der Waals surface area (Å²) in [5.74, 6) is -0.847. The smallest absolute Gasteiger partial charge is 0.323 e. The van der Waals surface area contributed by atoms with E-state index in [-0.39, 0.29) is 29.9 Å². The van der Waals surface area contributed by atoms with Gasteiger partial charge in [-0.3, -0.25) is 14.3 Å². The maximum absolute atomic E-state index is 12.6. The van der Waals surface area contributed by atoms with Crippen molar-refractivity contribution in [3.63, 3.8) is 0 Å². The Morgan fingerprint density at radius 1 is 1.03 bits per heavy atom. The molecule has 0 aliphatic carbocycles. The lowest BCUT2D eigenvalue weighted by Crippen LogP contribution is -2.17. The van der Waals surface area contributed by atoms with E-state index in [4.69, 9.17) is 0 Å². The fourth-order valence-electron chi connectivity index (χ4n) is 2.44. The molecule has 0 bridgehead atoms. The highest BCUT2D eigenvalue weighted by Crippen LogP contribution is 2.29. The second kappa shape index (κ2) is 8.39. The topological polar surface area (TPSA) is 93.8 Å². The van der Waals surface area contributed by atoms with E-state index in [9.17, 15) is 22.8 Å². The van der Waals surface area contributed by atoms with Crippen LogP contribution in [0.4, 0.5) is 24.5 Å². The number of hydrogen-bond donors (Lipinski definition) is 2. The Morgan fingerprint density at radius 2 is 1.73 bits per heavy atom. The second-order valence-corrected chi connectivity index (χ2v) is 6.82. The molecule has 0 aliphatic rings. The average Bonchev–Trinajstić information content (AvgIpc) is 3.31. The maximum Gasteiger partial charge on any atom is 0.416 e. The van der Waals surface area contributed by atoms with Crippen molar-refractivity contribution < 1.29 is 22.8 Å². The van der Waals surface area contributed by atoms with E-state index < -0.39 is 17.6 Å². The predicted octanol–water partition coefficient (Wildman–Crippen LogP) is 3.45. The zero-order chi connectivity index (χ0) is 21.9. The van der Waals surface area contributed by atoms with Crippen LogP contribution in [0.25, 0.3) is 0 Å². The summed E-state index contributed by atoms with van der Waals surface area (Å²) >= 11 is 0. The van der Waals surface area contributed by atoms with Crippen molar-refractivity contribution in [2.45, 2.75) is 26.7 Å². The van der Waals surface area contributed by atoms with Crippen LogP contribution in [0, 0.1) is 5.92 Å². The first-order valence-electron chi connectivity index (χ1n) is 8.97. The van der Waals surface area contributed by atoms with E-state index in [1.54, 1.807) is 26.2 Å². The molecule has 11 heteroatoms. The number of benzene rings is 1. The lowest BCUT2D eigenvalue weighted by Gasteiger charge is -2.08. The van der Waals surface area contributed by atoms with Gasteiger partial charge in [0.2, 0.25) is 5.91 Å². The molecule has 1 aromatic carbocycles. The van der Waals surface area contributed by atoms with E-state index in [0.717, 1.165) is 12.1 Å². The molecular weight excluding hydrogens is 401 g/mol. The Hall–Kier alpha value is -3.63. The van der Waals surface area contributed by atoms with Crippen molar-refractivity contribution in [2.75, 3.05) is 10.6 Å². The van der Waals surface area contributed by atoms with Gasteiger partial charge in [0.25, 0.3) is 5.91 Å². The van der Waals surface area contributed by atoms with Gasteiger partial charge in [-0.15, -0.1) is 0 Å². The average molecular weight is 420 g/mol. The minimum absolute atomic E-state index is 0.0930. The number of hydrogen-bond acceptors (Lipinski definition) is 4. The number of carbonyl (C=O) groups is 2. The quantitative estimate of drug-likeness (QED) is 0.639. The van der Waals surface area contributed by atoms with Crippen molar-refractivity contribution in [1.29, 1.82) is 0 Å². The molecule has 3 aromatic rings. The largest absolute Gasteiger partial charge is 0.416 e. The second-order valence-electron chi connectivity index (χ2n) is 6.82. The minimum Gasteiger partial charge on any atom is -0.323 e. The number of alkyl halides is 3. The van der Waals surface area contributed by atoms with E-state index in [1.165, 1.54) is 33.8 Å². The molecule has 8 nitrogen and oxygen atoms in total. The van der Waals surface area contributed by atoms with Crippen LogP contribution >= 0.6 is 0 Å². The molecule has 2 N–H and O–H groups in total. The number of halogens is 3. The summed E-state index contributed by atoms with van der Waals surface area (Å²) in [5, 5.41) is 13.5. The molecule has 3 rings (SSSR count). The lowest BCUT2D eigenvalue weighted by molar-refractivity contribution is -0.137. The van der Waals surface area contributed by atoms with Crippen LogP contribution in [0.5, 0.6) is 0 Å². The standard InChI is InChI=1S/C19H19F3N6O2/c1-12(2)17(29)25-15-9-23-28(10-15)11-27-8-7-16(26-27)18(30)24-14-5-3-13(4-6-14)19(20,21)22/h3-10,12H,11H2,1-2H3,(H,24,30)(H,25,29). The van der Waals surface area contributed by atoms with Crippen molar-refractivity contribution in [3.8, 4) is 0 Å². The van der Waals surface area contributed by atoms with E-state index >= 15 is 0 Å². The molecule has 0 saturated heterocycles. The number of aromatic nitrogens is 4. The van der Waals surface area contributed by atoms with Crippen LogP contribution in [0.15, 0.2) is 48.9 Å². The number of rotatable bonds is 6. The zero-order valence-corrected chi connectivity index (χ0v) is 16.1. The summed E-state index contributed by atoms with van der Waals surface area (Å²) in [4.78, 5) is 24.0. The van der Waals surface area contributed by atoms with E-state index in [1.807, 2.05) is 0 Å². The summed E-state index contributed by atoms with van der Waals surface area (Å²) in [7, 11) is 0. The van der Waals surface area contributed by atoms with Gasteiger partial charge in [0.05, 0.1) is 23.6 Å². The number of anilines is 2. The van der Waals surface area contributed by atoms with Crippen LogP contribution in [-0.2, 0) is 17.6 Å².